The Morgan fingerprint density at radius 2 is 1.76 bits per heavy atom. The first-order valence-corrected chi connectivity index (χ1v) is 10.3. The zero-order valence-electron chi connectivity index (χ0n) is 17.2. The third kappa shape index (κ3) is 5.40. The van der Waals surface area contributed by atoms with E-state index in [1.807, 2.05) is 62.4 Å². The molecule has 152 valence electrons. The van der Waals surface area contributed by atoms with Crippen LogP contribution in [0.25, 0.3) is 10.2 Å². The van der Waals surface area contributed by atoms with E-state index in [0.29, 0.717) is 0 Å². The van der Waals surface area contributed by atoms with Crippen LogP contribution in [0.2, 0.25) is 0 Å². The number of fused-ring (bicyclic) bond motifs is 1. The van der Waals surface area contributed by atoms with Crippen molar-refractivity contribution in [3.8, 4) is 0 Å². The van der Waals surface area contributed by atoms with Crippen molar-refractivity contribution in [3.05, 3.63) is 59.1 Å². The summed E-state index contributed by atoms with van der Waals surface area (Å²) in [6.45, 7) is 4.27. The standard InChI is InChI=1S/C22H26N4O2S/c1-15-9-11-17(12-10-15)23-20(27)13-25(3)14-21(28)26(4)16(2)22-24-18-7-5-6-8-19(18)29-22/h5-12,16H,13-14H2,1-4H3,(H,23,27)/t16-/m1/s1. The lowest BCUT2D eigenvalue weighted by Crippen LogP contribution is -2.40. The number of hydrogen-bond donors (Lipinski definition) is 1. The van der Waals surface area contributed by atoms with Crippen LogP contribution in [0.15, 0.2) is 48.5 Å². The van der Waals surface area contributed by atoms with E-state index in [0.717, 1.165) is 26.5 Å². The fraction of sp³-hybridized carbons (Fsp3) is 0.318. The first kappa shape index (κ1) is 21.0. The Kier molecular flexibility index (Phi) is 6.61. The highest BCUT2D eigenvalue weighted by molar-refractivity contribution is 7.18. The molecule has 3 rings (SSSR count). The summed E-state index contributed by atoms with van der Waals surface area (Å²) < 4.78 is 1.11. The number of para-hydroxylation sites is 1. The molecule has 2 aromatic carbocycles. The highest BCUT2D eigenvalue weighted by atomic mass is 32.1. The Hall–Kier alpha value is -2.77. The predicted molar refractivity (Wildman–Crippen MR) is 118 cm³/mol. The SMILES string of the molecule is Cc1ccc(NC(=O)CN(C)CC(=O)N(C)[C@H](C)c2nc3ccccc3s2)cc1. The number of rotatable bonds is 7. The second-order valence-electron chi connectivity index (χ2n) is 7.29. The van der Waals surface area contributed by atoms with Gasteiger partial charge in [-0.3, -0.25) is 14.5 Å². The normalized spacial score (nSPS) is 12.2. The van der Waals surface area contributed by atoms with Gasteiger partial charge in [-0.25, -0.2) is 4.98 Å². The molecule has 0 radical (unpaired) electrons. The first-order valence-electron chi connectivity index (χ1n) is 9.49. The molecule has 0 saturated heterocycles. The van der Waals surface area contributed by atoms with Gasteiger partial charge >= 0.3 is 0 Å². The summed E-state index contributed by atoms with van der Waals surface area (Å²) in [5.41, 5.74) is 2.84. The van der Waals surface area contributed by atoms with Crippen LogP contribution < -0.4 is 5.32 Å². The summed E-state index contributed by atoms with van der Waals surface area (Å²) in [6, 6.07) is 15.5. The van der Waals surface area contributed by atoms with Crippen LogP contribution in [0.3, 0.4) is 0 Å². The number of aryl methyl sites for hydroxylation is 1. The zero-order chi connectivity index (χ0) is 21.0. The number of thiazole rings is 1. The number of anilines is 1. The van der Waals surface area contributed by atoms with Gasteiger partial charge in [0.15, 0.2) is 0 Å². The van der Waals surface area contributed by atoms with E-state index in [9.17, 15) is 9.59 Å². The van der Waals surface area contributed by atoms with Crippen molar-refractivity contribution in [1.29, 1.82) is 0 Å². The van der Waals surface area contributed by atoms with Crippen LogP contribution in [0.1, 0.15) is 23.5 Å². The van der Waals surface area contributed by atoms with Gasteiger partial charge in [0.05, 0.1) is 29.3 Å². The third-order valence-electron chi connectivity index (χ3n) is 4.80. The van der Waals surface area contributed by atoms with E-state index in [4.69, 9.17) is 0 Å². The number of carbonyl (C=O) groups excluding carboxylic acids is 2. The van der Waals surface area contributed by atoms with Crippen molar-refractivity contribution in [3.63, 3.8) is 0 Å². The lowest BCUT2D eigenvalue weighted by Gasteiger charge is -2.25. The van der Waals surface area contributed by atoms with Crippen molar-refractivity contribution < 1.29 is 9.59 Å². The maximum Gasteiger partial charge on any atom is 0.238 e. The van der Waals surface area contributed by atoms with E-state index >= 15 is 0 Å². The number of likely N-dealkylation sites (N-methyl/N-ethyl adjacent to an activating group) is 2. The monoisotopic (exact) mass is 410 g/mol. The quantitative estimate of drug-likeness (QED) is 0.645. The zero-order valence-corrected chi connectivity index (χ0v) is 18.0. The highest BCUT2D eigenvalue weighted by Gasteiger charge is 2.22. The molecular formula is C22H26N4O2S. The van der Waals surface area contributed by atoms with Crippen molar-refractivity contribution in [2.24, 2.45) is 0 Å². The van der Waals surface area contributed by atoms with Crippen LogP contribution in [-0.4, -0.2) is 53.8 Å². The van der Waals surface area contributed by atoms with Gasteiger partial charge in [-0.2, -0.15) is 0 Å². The van der Waals surface area contributed by atoms with Crippen molar-refractivity contribution in [2.75, 3.05) is 32.5 Å². The molecule has 0 spiro atoms. The average molecular weight is 411 g/mol. The number of benzene rings is 2. The van der Waals surface area contributed by atoms with Crippen LogP contribution in [0.5, 0.6) is 0 Å². The van der Waals surface area contributed by atoms with Crippen molar-refractivity contribution in [2.45, 2.75) is 19.9 Å². The van der Waals surface area contributed by atoms with Gasteiger partial charge in [0.25, 0.3) is 0 Å². The molecule has 1 atom stereocenters. The predicted octanol–water partition coefficient (Wildman–Crippen LogP) is 3.69. The number of carbonyl (C=O) groups is 2. The van der Waals surface area contributed by atoms with Crippen LogP contribution in [0, 0.1) is 6.92 Å². The summed E-state index contributed by atoms with van der Waals surface area (Å²) in [5.74, 6) is -0.201. The number of nitrogens with zero attached hydrogens (tertiary/aromatic N) is 3. The summed E-state index contributed by atoms with van der Waals surface area (Å²) in [6.07, 6.45) is 0. The van der Waals surface area contributed by atoms with Crippen molar-refractivity contribution >= 4 is 39.1 Å². The lowest BCUT2D eigenvalue weighted by atomic mass is 10.2. The maximum absolute atomic E-state index is 12.7. The minimum absolute atomic E-state index is 0.0533. The summed E-state index contributed by atoms with van der Waals surface area (Å²) in [4.78, 5) is 33.0. The van der Waals surface area contributed by atoms with Crippen LogP contribution >= 0.6 is 11.3 Å². The van der Waals surface area contributed by atoms with Crippen LogP contribution in [0.4, 0.5) is 5.69 Å². The molecule has 0 aliphatic carbocycles. The topological polar surface area (TPSA) is 65.5 Å². The Balaban J connectivity index is 1.53. The summed E-state index contributed by atoms with van der Waals surface area (Å²) in [7, 11) is 3.54. The number of aromatic nitrogens is 1. The molecule has 7 heteroatoms. The molecule has 29 heavy (non-hydrogen) atoms. The lowest BCUT2D eigenvalue weighted by molar-refractivity contribution is -0.133. The van der Waals surface area contributed by atoms with Gasteiger partial charge < -0.3 is 10.2 Å². The van der Waals surface area contributed by atoms with Gasteiger partial charge in [-0.1, -0.05) is 29.8 Å². The molecular weight excluding hydrogens is 384 g/mol. The minimum Gasteiger partial charge on any atom is -0.335 e. The molecule has 1 N–H and O–H groups in total. The van der Waals surface area contributed by atoms with E-state index in [2.05, 4.69) is 10.3 Å². The summed E-state index contributed by atoms with van der Waals surface area (Å²) >= 11 is 1.60. The van der Waals surface area contributed by atoms with Crippen molar-refractivity contribution in [1.82, 2.24) is 14.8 Å². The fourth-order valence-electron chi connectivity index (χ4n) is 2.93. The summed E-state index contributed by atoms with van der Waals surface area (Å²) in [5, 5.41) is 3.76. The Morgan fingerprint density at radius 1 is 1.07 bits per heavy atom. The largest absolute Gasteiger partial charge is 0.335 e. The third-order valence-corrected chi connectivity index (χ3v) is 6.00. The number of nitrogens with one attached hydrogen (secondary N) is 1. The number of hydrogen-bond acceptors (Lipinski definition) is 5. The Labute approximate surface area is 175 Å². The fourth-order valence-corrected chi connectivity index (χ4v) is 3.99. The van der Waals surface area contributed by atoms with Gasteiger partial charge in [-0.15, -0.1) is 11.3 Å². The molecule has 0 aliphatic rings. The van der Waals surface area contributed by atoms with Gasteiger partial charge in [-0.05, 0) is 45.2 Å². The van der Waals surface area contributed by atoms with Gasteiger partial charge in [0.2, 0.25) is 11.8 Å². The van der Waals surface area contributed by atoms with E-state index in [1.165, 1.54) is 0 Å². The molecule has 0 fully saturated rings. The molecule has 0 bridgehead atoms. The molecule has 2 amide bonds. The average Bonchev–Trinajstić information content (AvgIpc) is 3.12. The highest BCUT2D eigenvalue weighted by Crippen LogP contribution is 2.28. The minimum atomic E-state index is -0.147. The van der Waals surface area contributed by atoms with E-state index in [1.54, 1.807) is 35.2 Å². The van der Waals surface area contributed by atoms with Gasteiger partial charge in [0.1, 0.15) is 5.01 Å². The van der Waals surface area contributed by atoms with Crippen LogP contribution in [-0.2, 0) is 9.59 Å². The first-order chi connectivity index (χ1) is 13.8. The second-order valence-corrected chi connectivity index (χ2v) is 8.35. The molecule has 6 nitrogen and oxygen atoms in total. The molecule has 1 heterocycles. The Bertz CT molecular complexity index is 966. The molecule has 3 aromatic rings. The maximum atomic E-state index is 12.7. The number of amides is 2. The van der Waals surface area contributed by atoms with Gasteiger partial charge in [0, 0.05) is 12.7 Å². The smallest absolute Gasteiger partial charge is 0.238 e. The molecule has 0 saturated carbocycles. The van der Waals surface area contributed by atoms with E-state index in [-0.39, 0.29) is 30.9 Å². The second kappa shape index (κ2) is 9.15. The van der Waals surface area contributed by atoms with E-state index < -0.39 is 0 Å². The molecule has 0 aliphatic heterocycles. The molecule has 0 unspecified atom stereocenters. The Morgan fingerprint density at radius 3 is 2.45 bits per heavy atom. The molecule has 1 aromatic heterocycles.